The highest BCUT2D eigenvalue weighted by molar-refractivity contribution is 6.65. The molecule has 1 fully saturated rings. The molecule has 2 rings (SSSR count). The average Bonchev–Trinajstić information content (AvgIpc) is 2.50. The topological polar surface area (TPSA) is 67.8 Å². The van der Waals surface area contributed by atoms with Gasteiger partial charge < -0.3 is 14.4 Å². The van der Waals surface area contributed by atoms with Crippen LogP contribution in [0.1, 0.15) is 27.7 Å². The van der Waals surface area contributed by atoms with Crippen molar-refractivity contribution >= 4 is 36.0 Å². The summed E-state index contributed by atoms with van der Waals surface area (Å²) in [6.45, 7) is 7.78. The van der Waals surface area contributed by atoms with Gasteiger partial charge in [0.25, 0.3) is 0 Å². The Balaban J connectivity index is 2.32. The highest BCUT2D eigenvalue weighted by Crippen LogP contribution is 2.37. The van der Waals surface area contributed by atoms with E-state index in [9.17, 15) is 4.79 Å². The molecule has 5 nitrogen and oxygen atoms in total. The Morgan fingerprint density at radius 2 is 1.80 bits per heavy atom. The number of rotatable bonds is 2. The first-order valence-electron chi connectivity index (χ1n) is 6.27. The summed E-state index contributed by atoms with van der Waals surface area (Å²) < 4.78 is 11.8. The van der Waals surface area contributed by atoms with Crippen molar-refractivity contribution in [2.45, 2.75) is 38.9 Å². The Morgan fingerprint density at radius 3 is 2.30 bits per heavy atom. The zero-order valence-electron chi connectivity index (χ0n) is 11.9. The van der Waals surface area contributed by atoms with Crippen molar-refractivity contribution in [3.05, 3.63) is 23.2 Å². The zero-order chi connectivity index (χ0) is 15.1. The monoisotopic (exact) mass is 297 g/mol. The second-order valence-electron chi connectivity index (χ2n) is 5.75. The Kier molecular flexibility index (Phi) is 3.75. The fourth-order valence-electron chi connectivity index (χ4n) is 1.90. The molecule has 0 saturated carbocycles. The maximum absolute atomic E-state index is 10.7. The van der Waals surface area contributed by atoms with E-state index in [1.807, 2.05) is 27.7 Å². The van der Waals surface area contributed by atoms with Gasteiger partial charge in [0, 0.05) is 16.2 Å². The summed E-state index contributed by atoms with van der Waals surface area (Å²) in [5, 5.41) is 11.5. The van der Waals surface area contributed by atoms with Crippen LogP contribution in [0.3, 0.4) is 0 Å². The van der Waals surface area contributed by atoms with E-state index in [1.54, 1.807) is 18.2 Å². The summed E-state index contributed by atoms with van der Waals surface area (Å²) >= 11 is 6.16. The zero-order valence-corrected chi connectivity index (χ0v) is 12.6. The molecule has 1 saturated heterocycles. The minimum Gasteiger partial charge on any atom is -0.465 e. The summed E-state index contributed by atoms with van der Waals surface area (Å²) in [5.41, 5.74) is 0.0808. The molecule has 0 unspecified atom stereocenters. The van der Waals surface area contributed by atoms with Crippen LogP contribution in [0.5, 0.6) is 0 Å². The number of anilines is 1. The fourth-order valence-corrected chi connectivity index (χ4v) is 2.10. The third-order valence-electron chi connectivity index (χ3n) is 3.75. The van der Waals surface area contributed by atoms with E-state index in [1.165, 1.54) is 0 Å². The minimum absolute atomic E-state index is 0.423. The van der Waals surface area contributed by atoms with Gasteiger partial charge in [0.15, 0.2) is 0 Å². The minimum atomic E-state index is -1.13. The van der Waals surface area contributed by atoms with Crippen LogP contribution in [-0.4, -0.2) is 29.5 Å². The molecular weight excluding hydrogens is 280 g/mol. The molecule has 7 heteroatoms. The van der Waals surface area contributed by atoms with E-state index in [4.69, 9.17) is 26.0 Å². The quantitative estimate of drug-likeness (QED) is 0.824. The van der Waals surface area contributed by atoms with Crippen molar-refractivity contribution < 1.29 is 19.2 Å². The van der Waals surface area contributed by atoms with Crippen molar-refractivity contribution in [2.24, 2.45) is 0 Å². The van der Waals surface area contributed by atoms with Gasteiger partial charge in [0.2, 0.25) is 0 Å². The summed E-state index contributed by atoms with van der Waals surface area (Å²) in [7, 11) is -0.622. The molecular formula is C13H17BClNO4. The lowest BCUT2D eigenvalue weighted by atomic mass is 9.79. The van der Waals surface area contributed by atoms with Crippen LogP contribution in [0.4, 0.5) is 10.5 Å². The first-order valence-corrected chi connectivity index (χ1v) is 6.65. The molecule has 108 valence electrons. The van der Waals surface area contributed by atoms with E-state index in [-0.39, 0.29) is 0 Å². The molecule has 2 N–H and O–H groups in total. The predicted octanol–water partition coefficient (Wildman–Crippen LogP) is 2.73. The number of halogens is 1. The van der Waals surface area contributed by atoms with Gasteiger partial charge in [-0.2, -0.15) is 0 Å². The van der Waals surface area contributed by atoms with Gasteiger partial charge >= 0.3 is 13.2 Å². The lowest BCUT2D eigenvalue weighted by Crippen LogP contribution is -2.41. The molecule has 1 amide bonds. The predicted molar refractivity (Wildman–Crippen MR) is 78.8 cm³/mol. The van der Waals surface area contributed by atoms with E-state index in [2.05, 4.69) is 5.32 Å². The van der Waals surface area contributed by atoms with Crippen molar-refractivity contribution in [3.8, 4) is 0 Å². The van der Waals surface area contributed by atoms with E-state index >= 15 is 0 Å². The summed E-state index contributed by atoms with van der Waals surface area (Å²) in [4.78, 5) is 10.7. The Morgan fingerprint density at radius 1 is 1.25 bits per heavy atom. The second-order valence-corrected chi connectivity index (χ2v) is 6.16. The maximum atomic E-state index is 10.7. The van der Waals surface area contributed by atoms with Gasteiger partial charge in [-0.1, -0.05) is 11.6 Å². The fraction of sp³-hybridized carbons (Fsp3) is 0.462. The number of hydrogen-bond acceptors (Lipinski definition) is 3. The molecule has 1 aromatic rings. The third-order valence-corrected chi connectivity index (χ3v) is 4.10. The molecule has 0 aromatic heterocycles. The van der Waals surface area contributed by atoms with Crippen LogP contribution in [0.2, 0.25) is 5.02 Å². The summed E-state index contributed by atoms with van der Waals surface area (Å²) in [5.74, 6) is 0. The smallest absolute Gasteiger partial charge is 0.465 e. The highest BCUT2D eigenvalue weighted by atomic mass is 35.5. The van der Waals surface area contributed by atoms with E-state index in [0.29, 0.717) is 16.2 Å². The van der Waals surface area contributed by atoms with Crippen LogP contribution in [-0.2, 0) is 9.31 Å². The van der Waals surface area contributed by atoms with E-state index in [0.717, 1.165) is 0 Å². The number of nitrogens with one attached hydrogen (secondary N) is 1. The molecule has 0 aliphatic carbocycles. The Hall–Kier alpha value is -1.24. The van der Waals surface area contributed by atoms with Crippen LogP contribution >= 0.6 is 11.6 Å². The Bertz CT molecular complexity index is 531. The third kappa shape index (κ3) is 2.77. The molecule has 0 spiro atoms. The van der Waals surface area contributed by atoms with Gasteiger partial charge in [-0.15, -0.1) is 0 Å². The molecule has 1 aliphatic rings. The standard InChI is InChI=1S/C13H17BClNO4/c1-12(2)13(3,4)20-14(19-12)9-7-8(16-11(17)18)5-6-10(9)15/h5-7,16H,1-4H3,(H,17,18). The molecule has 0 radical (unpaired) electrons. The van der Waals surface area contributed by atoms with Gasteiger partial charge in [-0.3, -0.25) is 5.32 Å². The van der Waals surface area contributed by atoms with Crippen LogP contribution in [0, 0.1) is 0 Å². The number of hydrogen-bond donors (Lipinski definition) is 2. The van der Waals surface area contributed by atoms with Gasteiger partial charge in [-0.05, 0) is 45.9 Å². The normalized spacial score (nSPS) is 19.9. The molecule has 1 aromatic carbocycles. The highest BCUT2D eigenvalue weighted by Gasteiger charge is 2.52. The SMILES string of the molecule is CC1(C)OB(c2cc(NC(=O)O)ccc2Cl)OC1(C)C. The number of benzene rings is 1. The number of carbonyl (C=O) groups is 1. The molecule has 0 atom stereocenters. The van der Waals surface area contributed by atoms with Crippen molar-refractivity contribution in [3.63, 3.8) is 0 Å². The molecule has 0 bridgehead atoms. The van der Waals surface area contributed by atoms with Gasteiger partial charge in [0.05, 0.1) is 11.2 Å². The van der Waals surface area contributed by atoms with Crippen LogP contribution < -0.4 is 10.8 Å². The van der Waals surface area contributed by atoms with Crippen molar-refractivity contribution in [2.75, 3.05) is 5.32 Å². The van der Waals surface area contributed by atoms with Gasteiger partial charge in [-0.25, -0.2) is 4.79 Å². The number of carboxylic acid groups (broad SMARTS) is 1. The largest absolute Gasteiger partial charge is 0.496 e. The van der Waals surface area contributed by atoms with Gasteiger partial charge in [0.1, 0.15) is 0 Å². The van der Waals surface area contributed by atoms with Crippen LogP contribution in [0.15, 0.2) is 18.2 Å². The second kappa shape index (κ2) is 4.95. The Labute approximate surface area is 123 Å². The van der Waals surface area contributed by atoms with Crippen molar-refractivity contribution in [1.29, 1.82) is 0 Å². The van der Waals surface area contributed by atoms with E-state index < -0.39 is 24.4 Å². The maximum Gasteiger partial charge on any atom is 0.496 e. The molecule has 1 heterocycles. The lowest BCUT2D eigenvalue weighted by molar-refractivity contribution is 0.00578. The number of amides is 1. The molecule has 1 aliphatic heterocycles. The van der Waals surface area contributed by atoms with Crippen molar-refractivity contribution in [1.82, 2.24) is 0 Å². The lowest BCUT2D eigenvalue weighted by Gasteiger charge is -2.32. The summed E-state index contributed by atoms with van der Waals surface area (Å²) in [6.07, 6.45) is -1.13. The van der Waals surface area contributed by atoms with Crippen LogP contribution in [0.25, 0.3) is 0 Å². The first kappa shape index (κ1) is 15.2. The first-order chi connectivity index (χ1) is 9.12. The molecule has 20 heavy (non-hydrogen) atoms. The average molecular weight is 298 g/mol. The summed E-state index contributed by atoms with van der Waals surface area (Å²) in [6, 6.07) is 4.83.